The zero-order chi connectivity index (χ0) is 22.3. The van der Waals surface area contributed by atoms with Crippen LogP contribution in [-0.2, 0) is 0 Å². The summed E-state index contributed by atoms with van der Waals surface area (Å²) in [6.45, 7) is 6.48. The molecule has 168 valence electrons. The minimum absolute atomic E-state index is 0.00779. The molecule has 0 bridgehead atoms. The normalized spacial score (nSPS) is 15.4. The molecule has 2 aromatic carbocycles. The van der Waals surface area contributed by atoms with Gasteiger partial charge in [0, 0.05) is 11.4 Å². The first-order valence-electron chi connectivity index (χ1n) is 11.3. The van der Waals surface area contributed by atoms with Crippen molar-refractivity contribution >= 4 is 17.5 Å². The number of carbonyl (C=O) groups excluding carboxylic acids is 1. The van der Waals surface area contributed by atoms with Crippen molar-refractivity contribution in [2.24, 2.45) is 0 Å². The maximum absolute atomic E-state index is 11.8. The van der Waals surface area contributed by atoms with Gasteiger partial charge in [-0.1, -0.05) is 48.5 Å². The Bertz CT molecular complexity index is 1030. The fourth-order valence-electron chi connectivity index (χ4n) is 4.10. The van der Waals surface area contributed by atoms with Crippen LogP contribution in [0.2, 0.25) is 0 Å². The molecule has 1 aliphatic heterocycles. The van der Waals surface area contributed by atoms with Crippen molar-refractivity contribution in [3.8, 4) is 11.4 Å². The average Bonchev–Trinajstić information content (AvgIpc) is 3.26. The lowest BCUT2D eigenvalue weighted by Gasteiger charge is -2.31. The molecule has 32 heavy (non-hydrogen) atoms. The zero-order valence-electron chi connectivity index (χ0n) is 18.7. The summed E-state index contributed by atoms with van der Waals surface area (Å²) in [5.41, 5.74) is 1.68. The summed E-state index contributed by atoms with van der Waals surface area (Å²) in [5, 5.41) is 10.0. The second-order valence-corrected chi connectivity index (χ2v) is 9.10. The quantitative estimate of drug-likeness (QED) is 0.254. The van der Waals surface area contributed by atoms with Gasteiger partial charge in [-0.2, -0.15) is 0 Å². The third kappa shape index (κ3) is 5.22. The van der Waals surface area contributed by atoms with Gasteiger partial charge in [0.1, 0.15) is 5.75 Å². The van der Waals surface area contributed by atoms with Crippen molar-refractivity contribution < 1.29 is 9.53 Å². The molecule has 4 rings (SSSR count). The summed E-state index contributed by atoms with van der Waals surface area (Å²) in [7, 11) is 0. The Labute approximate surface area is 194 Å². The van der Waals surface area contributed by atoms with Crippen molar-refractivity contribution in [3.63, 3.8) is 0 Å². The highest BCUT2D eigenvalue weighted by Gasteiger charge is 2.25. The van der Waals surface area contributed by atoms with E-state index in [1.54, 1.807) is 24.8 Å². The highest BCUT2D eigenvalue weighted by molar-refractivity contribution is 7.99. The van der Waals surface area contributed by atoms with Crippen LogP contribution in [0.3, 0.4) is 0 Å². The van der Waals surface area contributed by atoms with Crippen LogP contribution in [0.5, 0.6) is 5.75 Å². The van der Waals surface area contributed by atoms with Crippen molar-refractivity contribution in [3.05, 3.63) is 66.0 Å². The lowest BCUT2D eigenvalue weighted by molar-refractivity contribution is 0.101. The number of ketones is 1. The molecule has 7 heteroatoms. The largest absolute Gasteiger partial charge is 0.492 e. The van der Waals surface area contributed by atoms with E-state index in [1.165, 1.54) is 19.3 Å². The standard InChI is InChI=1S/C25H30N4O2S/c1-19(28-15-9-4-10-16-28)24-26-27-25(29(24)21-11-5-3-6-12-21)32-18-17-31-23-14-8-7-13-22(23)20(2)30/h3,5-8,11-14,19H,4,9-10,15-18H2,1-2H3/t19-/m1/s1. The molecule has 0 saturated carbocycles. The highest BCUT2D eigenvalue weighted by atomic mass is 32.2. The van der Waals surface area contributed by atoms with E-state index in [4.69, 9.17) is 4.74 Å². The maximum atomic E-state index is 11.8. The second-order valence-electron chi connectivity index (χ2n) is 8.03. The van der Waals surface area contributed by atoms with Crippen molar-refractivity contribution in [1.29, 1.82) is 0 Å². The van der Waals surface area contributed by atoms with Crippen LogP contribution < -0.4 is 4.74 Å². The number of benzene rings is 2. The Morgan fingerprint density at radius 2 is 1.75 bits per heavy atom. The molecular formula is C25H30N4O2S. The van der Waals surface area contributed by atoms with Crippen LogP contribution in [0.1, 0.15) is 55.3 Å². The fraction of sp³-hybridized carbons (Fsp3) is 0.400. The van der Waals surface area contributed by atoms with Crippen LogP contribution in [0.15, 0.2) is 59.8 Å². The smallest absolute Gasteiger partial charge is 0.196 e. The number of hydrogen-bond acceptors (Lipinski definition) is 6. The molecule has 0 radical (unpaired) electrons. The number of carbonyl (C=O) groups is 1. The van der Waals surface area contributed by atoms with Gasteiger partial charge >= 0.3 is 0 Å². The summed E-state index contributed by atoms with van der Waals surface area (Å²) in [6, 6.07) is 17.9. The molecule has 1 aliphatic rings. The van der Waals surface area contributed by atoms with E-state index in [1.807, 2.05) is 36.4 Å². The minimum Gasteiger partial charge on any atom is -0.492 e. The number of likely N-dealkylation sites (tertiary alicyclic amines) is 1. The van der Waals surface area contributed by atoms with Gasteiger partial charge in [-0.25, -0.2) is 0 Å². The number of nitrogens with zero attached hydrogens (tertiary/aromatic N) is 4. The first kappa shape index (κ1) is 22.6. The van der Waals surface area contributed by atoms with Crippen LogP contribution in [-0.4, -0.2) is 50.9 Å². The number of para-hydroxylation sites is 2. The predicted molar refractivity (Wildman–Crippen MR) is 128 cm³/mol. The van der Waals surface area contributed by atoms with Gasteiger partial charge in [-0.15, -0.1) is 10.2 Å². The fourth-order valence-corrected chi connectivity index (χ4v) is 4.88. The van der Waals surface area contributed by atoms with Crippen molar-refractivity contribution in [1.82, 2.24) is 19.7 Å². The third-order valence-electron chi connectivity index (χ3n) is 5.82. The number of Topliss-reactive ketones (excluding diaryl/α,β-unsaturated/α-hetero) is 1. The van der Waals surface area contributed by atoms with Gasteiger partial charge in [-0.3, -0.25) is 14.3 Å². The van der Waals surface area contributed by atoms with E-state index in [0.29, 0.717) is 23.7 Å². The Balaban J connectivity index is 1.49. The minimum atomic E-state index is 0.00779. The van der Waals surface area contributed by atoms with Gasteiger partial charge in [0.15, 0.2) is 16.8 Å². The molecule has 1 aromatic heterocycles. The van der Waals surface area contributed by atoms with Gasteiger partial charge in [0.25, 0.3) is 0 Å². The van der Waals surface area contributed by atoms with E-state index in [9.17, 15) is 4.79 Å². The van der Waals surface area contributed by atoms with Crippen LogP contribution >= 0.6 is 11.8 Å². The first-order valence-corrected chi connectivity index (χ1v) is 12.2. The molecule has 0 amide bonds. The number of aromatic nitrogens is 3. The summed E-state index contributed by atoms with van der Waals surface area (Å²) in [5.74, 6) is 2.32. The Morgan fingerprint density at radius 1 is 1.03 bits per heavy atom. The summed E-state index contributed by atoms with van der Waals surface area (Å²) < 4.78 is 8.08. The molecule has 1 saturated heterocycles. The van der Waals surface area contributed by atoms with Crippen molar-refractivity contribution in [2.75, 3.05) is 25.4 Å². The van der Waals surface area contributed by atoms with E-state index in [2.05, 4.69) is 38.7 Å². The number of thioether (sulfide) groups is 1. The molecule has 3 aromatic rings. The topological polar surface area (TPSA) is 60.2 Å². The van der Waals surface area contributed by atoms with Crippen LogP contribution in [0, 0.1) is 0 Å². The summed E-state index contributed by atoms with van der Waals surface area (Å²) in [4.78, 5) is 14.3. The monoisotopic (exact) mass is 450 g/mol. The number of rotatable bonds is 9. The second kappa shape index (κ2) is 10.8. The van der Waals surface area contributed by atoms with E-state index in [0.717, 1.165) is 29.8 Å². The molecular weight excluding hydrogens is 420 g/mol. The maximum Gasteiger partial charge on any atom is 0.196 e. The molecule has 0 unspecified atom stereocenters. The van der Waals surface area contributed by atoms with Crippen LogP contribution in [0.4, 0.5) is 0 Å². The lowest BCUT2D eigenvalue weighted by atomic mass is 10.1. The molecule has 2 heterocycles. The van der Waals surface area contributed by atoms with E-state index >= 15 is 0 Å². The van der Waals surface area contributed by atoms with Gasteiger partial charge < -0.3 is 4.74 Å². The summed E-state index contributed by atoms with van der Waals surface area (Å²) >= 11 is 1.62. The first-order chi connectivity index (χ1) is 15.6. The molecule has 1 atom stereocenters. The molecule has 0 N–H and O–H groups in total. The van der Waals surface area contributed by atoms with Crippen molar-refractivity contribution in [2.45, 2.75) is 44.3 Å². The molecule has 6 nitrogen and oxygen atoms in total. The Hall–Kier alpha value is -2.64. The lowest BCUT2D eigenvalue weighted by Crippen LogP contribution is -2.33. The number of piperidine rings is 1. The highest BCUT2D eigenvalue weighted by Crippen LogP contribution is 2.29. The van der Waals surface area contributed by atoms with Gasteiger partial charge in [0.05, 0.1) is 18.2 Å². The SMILES string of the molecule is CC(=O)c1ccccc1OCCSc1nnc([C@@H](C)N2CCCCC2)n1-c1ccccc1. The number of hydrogen-bond donors (Lipinski definition) is 0. The number of ether oxygens (including phenoxy) is 1. The molecule has 1 fully saturated rings. The Morgan fingerprint density at radius 3 is 2.50 bits per heavy atom. The van der Waals surface area contributed by atoms with Gasteiger partial charge in [0.2, 0.25) is 0 Å². The molecule has 0 aliphatic carbocycles. The average molecular weight is 451 g/mol. The van der Waals surface area contributed by atoms with E-state index in [-0.39, 0.29) is 11.8 Å². The van der Waals surface area contributed by atoms with Crippen LogP contribution in [0.25, 0.3) is 5.69 Å². The predicted octanol–water partition coefficient (Wildman–Crippen LogP) is 5.19. The summed E-state index contributed by atoms with van der Waals surface area (Å²) in [6.07, 6.45) is 3.79. The molecule has 0 spiro atoms. The zero-order valence-corrected chi connectivity index (χ0v) is 19.6. The van der Waals surface area contributed by atoms with Gasteiger partial charge in [-0.05, 0) is 64.0 Å². The third-order valence-corrected chi connectivity index (χ3v) is 6.72. The Kier molecular flexibility index (Phi) is 7.60. The van der Waals surface area contributed by atoms with E-state index < -0.39 is 0 Å².